The Bertz CT molecular complexity index is 3460. The molecule has 0 N–H and O–H groups in total. The monoisotopic (exact) mass is 770 g/mol. The van der Waals surface area contributed by atoms with Crippen LogP contribution in [0.25, 0.3) is 88.6 Å². The predicted octanol–water partition coefficient (Wildman–Crippen LogP) is 15.7. The second-order valence-electron chi connectivity index (χ2n) is 16.4. The zero-order chi connectivity index (χ0) is 40.0. The van der Waals surface area contributed by atoms with Crippen molar-refractivity contribution < 1.29 is 8.83 Å². The SMILES string of the molecule is CC1(C)c2ccccc2-c2ccc(N(c3ccc(-c4ccc5c(c4)oc4cc6oc(-c7ccccc7)nc6cc45)cc3)c3cccc(-c4ccc5ccccc5c4)c3)cc21. The van der Waals surface area contributed by atoms with Crippen molar-refractivity contribution in [3.05, 3.63) is 205 Å². The highest BCUT2D eigenvalue weighted by molar-refractivity contribution is 6.09. The number of oxazole rings is 1. The lowest BCUT2D eigenvalue weighted by Gasteiger charge is -2.28. The van der Waals surface area contributed by atoms with Crippen molar-refractivity contribution in [3.63, 3.8) is 0 Å². The van der Waals surface area contributed by atoms with Gasteiger partial charge in [-0.25, -0.2) is 4.98 Å². The zero-order valence-electron chi connectivity index (χ0n) is 33.2. The molecule has 0 radical (unpaired) electrons. The average molecular weight is 771 g/mol. The van der Waals surface area contributed by atoms with Gasteiger partial charge in [-0.15, -0.1) is 0 Å². The average Bonchev–Trinajstić information content (AvgIpc) is 3.95. The first-order valence-electron chi connectivity index (χ1n) is 20.5. The minimum atomic E-state index is -0.120. The summed E-state index contributed by atoms with van der Waals surface area (Å²) in [6.45, 7) is 4.69. The Hall–Kier alpha value is -7.69. The van der Waals surface area contributed by atoms with Crippen LogP contribution < -0.4 is 4.90 Å². The third-order valence-electron chi connectivity index (χ3n) is 12.5. The first-order valence-corrected chi connectivity index (χ1v) is 20.5. The van der Waals surface area contributed by atoms with Gasteiger partial charge >= 0.3 is 0 Å². The summed E-state index contributed by atoms with van der Waals surface area (Å²) in [5.74, 6) is 0.607. The quantitative estimate of drug-likeness (QED) is 0.169. The fraction of sp³-hybridized carbons (Fsp3) is 0.0536. The lowest BCUT2D eigenvalue weighted by atomic mass is 9.82. The second-order valence-corrected chi connectivity index (χ2v) is 16.4. The standard InChI is InChI=1S/C56H38N2O2/c1-56(2)49-18-9-8-17-45(49)46-28-26-44(32-50(46)56)58(43-16-10-15-39(30-43)40-20-19-35-11-6-7-14-38(35)29-40)42-24-21-36(22-25-42)41-23-27-47-48-33-51-54(34-53(48)59-52(47)31-41)60-55(57-51)37-12-4-3-5-13-37/h3-34H,1-2H3. The minimum absolute atomic E-state index is 0.120. The molecule has 0 atom stereocenters. The first-order chi connectivity index (χ1) is 29.4. The summed E-state index contributed by atoms with van der Waals surface area (Å²) in [6, 6.07) is 69.4. The van der Waals surface area contributed by atoms with Crippen molar-refractivity contribution in [2.45, 2.75) is 19.3 Å². The molecule has 2 aromatic heterocycles. The summed E-state index contributed by atoms with van der Waals surface area (Å²) in [7, 11) is 0. The summed E-state index contributed by atoms with van der Waals surface area (Å²) < 4.78 is 12.6. The summed E-state index contributed by atoms with van der Waals surface area (Å²) in [4.78, 5) is 7.19. The number of benzene rings is 9. The molecule has 0 saturated carbocycles. The molecule has 4 heteroatoms. The van der Waals surface area contributed by atoms with Crippen molar-refractivity contribution >= 4 is 60.9 Å². The molecule has 0 aliphatic heterocycles. The van der Waals surface area contributed by atoms with Crippen molar-refractivity contribution in [3.8, 4) is 44.8 Å². The fourth-order valence-corrected chi connectivity index (χ4v) is 9.36. The number of nitrogens with zero attached hydrogens (tertiary/aromatic N) is 2. The normalized spacial score (nSPS) is 13.0. The lowest BCUT2D eigenvalue weighted by molar-refractivity contribution is 0.617. The highest BCUT2D eigenvalue weighted by Crippen LogP contribution is 2.51. The Morgan fingerprint density at radius 1 is 0.400 bits per heavy atom. The molecule has 11 aromatic rings. The van der Waals surface area contributed by atoms with Crippen molar-refractivity contribution in [1.82, 2.24) is 4.98 Å². The highest BCUT2D eigenvalue weighted by atomic mass is 16.4. The Labute approximate surface area is 347 Å². The Morgan fingerprint density at radius 2 is 1.07 bits per heavy atom. The topological polar surface area (TPSA) is 42.4 Å². The van der Waals surface area contributed by atoms with Crippen LogP contribution in [0.4, 0.5) is 17.1 Å². The van der Waals surface area contributed by atoms with Gasteiger partial charge in [0.2, 0.25) is 5.89 Å². The van der Waals surface area contributed by atoms with E-state index in [1.807, 2.05) is 36.4 Å². The Kier molecular flexibility index (Phi) is 7.54. The number of aromatic nitrogens is 1. The van der Waals surface area contributed by atoms with Crippen molar-refractivity contribution in [2.75, 3.05) is 4.90 Å². The number of hydrogen-bond acceptors (Lipinski definition) is 4. The third kappa shape index (κ3) is 5.49. The van der Waals surface area contributed by atoms with Gasteiger partial charge in [-0.2, -0.15) is 0 Å². The smallest absolute Gasteiger partial charge is 0.227 e. The minimum Gasteiger partial charge on any atom is -0.456 e. The number of hydrogen-bond donors (Lipinski definition) is 0. The van der Waals surface area contributed by atoms with Gasteiger partial charge < -0.3 is 13.7 Å². The van der Waals surface area contributed by atoms with Crippen molar-refractivity contribution in [2.24, 2.45) is 0 Å². The molecule has 0 unspecified atom stereocenters. The van der Waals surface area contributed by atoms with E-state index in [0.29, 0.717) is 11.5 Å². The summed E-state index contributed by atoms with van der Waals surface area (Å²) in [6.07, 6.45) is 0. The van der Waals surface area contributed by atoms with E-state index in [1.165, 1.54) is 44.2 Å². The van der Waals surface area contributed by atoms with Gasteiger partial charge in [-0.05, 0) is 128 Å². The van der Waals surface area contributed by atoms with E-state index >= 15 is 0 Å². The maximum atomic E-state index is 6.47. The van der Waals surface area contributed by atoms with Crippen LogP contribution in [0.15, 0.2) is 203 Å². The molecule has 9 aromatic carbocycles. The second kappa shape index (κ2) is 13.2. The van der Waals surface area contributed by atoms with Gasteiger partial charge in [0.05, 0.1) is 0 Å². The van der Waals surface area contributed by atoms with E-state index in [-0.39, 0.29) is 5.41 Å². The Morgan fingerprint density at radius 3 is 1.95 bits per heavy atom. The van der Waals surface area contributed by atoms with Gasteiger partial charge in [0.1, 0.15) is 16.7 Å². The number of rotatable bonds is 6. The molecule has 60 heavy (non-hydrogen) atoms. The van der Waals surface area contributed by atoms with Crippen LogP contribution >= 0.6 is 0 Å². The molecule has 0 bridgehead atoms. The molecule has 284 valence electrons. The predicted molar refractivity (Wildman–Crippen MR) is 247 cm³/mol. The maximum absolute atomic E-state index is 6.47. The molecule has 1 aliphatic carbocycles. The van der Waals surface area contributed by atoms with E-state index in [9.17, 15) is 0 Å². The van der Waals surface area contributed by atoms with E-state index in [1.54, 1.807) is 0 Å². The van der Waals surface area contributed by atoms with Crippen LogP contribution in [-0.2, 0) is 5.41 Å². The van der Waals surface area contributed by atoms with Crippen LogP contribution in [0.5, 0.6) is 0 Å². The summed E-state index contributed by atoms with van der Waals surface area (Å²) in [5.41, 5.74) is 17.2. The Balaban J connectivity index is 0.931. The number of fused-ring (bicyclic) bond motifs is 8. The molecule has 12 rings (SSSR count). The lowest BCUT2D eigenvalue weighted by Crippen LogP contribution is -2.16. The number of anilines is 3. The zero-order valence-corrected chi connectivity index (χ0v) is 33.2. The van der Waals surface area contributed by atoms with Gasteiger partial charge in [-0.1, -0.05) is 129 Å². The number of furan rings is 1. The molecule has 1 aliphatic rings. The molecule has 0 saturated heterocycles. The van der Waals surface area contributed by atoms with Crippen LogP contribution in [0.1, 0.15) is 25.0 Å². The van der Waals surface area contributed by atoms with Gasteiger partial charge in [0.15, 0.2) is 5.58 Å². The van der Waals surface area contributed by atoms with Crippen LogP contribution in [0.3, 0.4) is 0 Å². The maximum Gasteiger partial charge on any atom is 0.227 e. The van der Waals surface area contributed by atoms with Gasteiger partial charge in [0.25, 0.3) is 0 Å². The third-order valence-corrected chi connectivity index (χ3v) is 12.5. The molecule has 0 amide bonds. The summed E-state index contributed by atoms with van der Waals surface area (Å²) >= 11 is 0. The van der Waals surface area contributed by atoms with Crippen LogP contribution in [-0.4, -0.2) is 4.98 Å². The molecule has 2 heterocycles. The highest BCUT2D eigenvalue weighted by Gasteiger charge is 2.35. The van der Waals surface area contributed by atoms with E-state index in [0.717, 1.165) is 61.2 Å². The van der Waals surface area contributed by atoms with Crippen LogP contribution in [0, 0.1) is 0 Å². The summed E-state index contributed by atoms with van der Waals surface area (Å²) in [5, 5.41) is 4.55. The fourth-order valence-electron chi connectivity index (χ4n) is 9.36. The van der Waals surface area contributed by atoms with Crippen LogP contribution in [0.2, 0.25) is 0 Å². The molecule has 4 nitrogen and oxygen atoms in total. The van der Waals surface area contributed by atoms with Crippen molar-refractivity contribution in [1.29, 1.82) is 0 Å². The molecular formula is C56H38N2O2. The van der Waals surface area contributed by atoms with E-state index < -0.39 is 0 Å². The molecular weight excluding hydrogens is 733 g/mol. The molecule has 0 spiro atoms. The van der Waals surface area contributed by atoms with Gasteiger partial charge in [-0.3, -0.25) is 0 Å². The van der Waals surface area contributed by atoms with E-state index in [2.05, 4.69) is 176 Å². The van der Waals surface area contributed by atoms with Gasteiger partial charge in [0, 0.05) is 44.9 Å². The first kappa shape index (κ1) is 34.4. The largest absolute Gasteiger partial charge is 0.456 e. The van der Waals surface area contributed by atoms with E-state index in [4.69, 9.17) is 13.8 Å². The molecule has 0 fully saturated rings.